The number of amides is 3. The number of imidazole rings is 1. The third-order valence-electron chi connectivity index (χ3n) is 4.57. The second-order valence-corrected chi connectivity index (χ2v) is 6.22. The van der Waals surface area contributed by atoms with Crippen molar-refractivity contribution in [2.24, 2.45) is 0 Å². The number of nitrogens with zero attached hydrogens (tertiary/aromatic N) is 2. The van der Waals surface area contributed by atoms with Crippen molar-refractivity contribution >= 4 is 17.6 Å². The lowest BCUT2D eigenvalue weighted by molar-refractivity contribution is 0.0963. The number of aromatic amines is 1. The summed E-state index contributed by atoms with van der Waals surface area (Å²) in [5.74, 6) is 0.632. The second-order valence-electron chi connectivity index (χ2n) is 6.22. The summed E-state index contributed by atoms with van der Waals surface area (Å²) in [5, 5.41) is 5.55. The van der Waals surface area contributed by atoms with Crippen LogP contribution in [0.25, 0.3) is 0 Å². The fourth-order valence-electron chi connectivity index (χ4n) is 3.15. The zero-order valence-corrected chi connectivity index (χ0v) is 14.5. The van der Waals surface area contributed by atoms with Gasteiger partial charge in [0.05, 0.1) is 6.04 Å². The molecule has 3 rings (SSSR count). The van der Waals surface area contributed by atoms with Gasteiger partial charge in [-0.05, 0) is 43.9 Å². The predicted molar refractivity (Wildman–Crippen MR) is 95.5 cm³/mol. The van der Waals surface area contributed by atoms with Crippen LogP contribution in [0.5, 0.6) is 0 Å². The molecule has 0 saturated carbocycles. The first-order chi connectivity index (χ1) is 12.1. The Morgan fingerprint density at radius 3 is 2.88 bits per heavy atom. The van der Waals surface area contributed by atoms with Crippen LogP contribution in [-0.2, 0) is 0 Å². The van der Waals surface area contributed by atoms with E-state index in [1.165, 1.54) is 0 Å². The average molecular weight is 341 g/mol. The Bertz CT molecular complexity index is 757. The first-order valence-corrected chi connectivity index (χ1v) is 8.50. The highest BCUT2D eigenvalue weighted by atomic mass is 16.2. The molecular formula is C18H23N5O2. The summed E-state index contributed by atoms with van der Waals surface area (Å²) in [7, 11) is 1.59. The lowest BCUT2D eigenvalue weighted by atomic mass is 10.0. The van der Waals surface area contributed by atoms with E-state index in [1.54, 1.807) is 31.6 Å². The van der Waals surface area contributed by atoms with Gasteiger partial charge in [-0.1, -0.05) is 6.07 Å². The molecule has 3 N–H and O–H groups in total. The number of aryl methyl sites for hydroxylation is 1. The molecule has 7 heteroatoms. The van der Waals surface area contributed by atoms with Gasteiger partial charge in [-0.2, -0.15) is 0 Å². The number of aromatic nitrogens is 2. The summed E-state index contributed by atoms with van der Waals surface area (Å²) < 4.78 is 0. The number of hydrogen-bond acceptors (Lipinski definition) is 3. The first-order valence-electron chi connectivity index (χ1n) is 8.50. The van der Waals surface area contributed by atoms with E-state index in [1.807, 2.05) is 17.9 Å². The van der Waals surface area contributed by atoms with Crippen LogP contribution in [0.4, 0.5) is 10.5 Å². The van der Waals surface area contributed by atoms with Gasteiger partial charge in [-0.25, -0.2) is 9.78 Å². The third-order valence-corrected chi connectivity index (χ3v) is 4.57. The lowest BCUT2D eigenvalue weighted by Crippen LogP contribution is -2.41. The Labute approximate surface area is 146 Å². The van der Waals surface area contributed by atoms with Gasteiger partial charge in [-0.3, -0.25) is 4.79 Å². The molecule has 1 aromatic heterocycles. The monoisotopic (exact) mass is 341 g/mol. The number of likely N-dealkylation sites (tertiary alicyclic amines) is 1. The van der Waals surface area contributed by atoms with E-state index < -0.39 is 0 Å². The Hall–Kier alpha value is -2.83. The second kappa shape index (κ2) is 7.38. The van der Waals surface area contributed by atoms with Crippen LogP contribution >= 0.6 is 0 Å². The standard InChI is InChI=1S/C18H23N5O2/c1-12-6-7-13(17(24)19-2)11-14(12)22-18(25)23-10-4-3-5-15(23)16-20-8-9-21-16/h6-9,11,15H,3-5,10H2,1-2H3,(H,19,24)(H,20,21)(H,22,25). The van der Waals surface area contributed by atoms with E-state index in [0.717, 1.165) is 30.7 Å². The van der Waals surface area contributed by atoms with Crippen LogP contribution in [-0.4, -0.2) is 40.4 Å². The van der Waals surface area contributed by atoms with Crippen molar-refractivity contribution in [3.05, 3.63) is 47.5 Å². The summed E-state index contributed by atoms with van der Waals surface area (Å²) in [6.45, 7) is 2.59. The molecule has 3 amide bonds. The maximum absolute atomic E-state index is 12.8. The minimum absolute atomic E-state index is 0.0498. The van der Waals surface area contributed by atoms with Gasteiger partial charge in [0.25, 0.3) is 5.91 Å². The zero-order chi connectivity index (χ0) is 17.8. The van der Waals surface area contributed by atoms with E-state index in [-0.39, 0.29) is 18.0 Å². The molecular weight excluding hydrogens is 318 g/mol. The SMILES string of the molecule is CNC(=O)c1ccc(C)c(NC(=O)N2CCCCC2c2ncc[nH]2)c1. The van der Waals surface area contributed by atoms with Crippen molar-refractivity contribution in [3.8, 4) is 0 Å². The van der Waals surface area contributed by atoms with Gasteiger partial charge in [0.2, 0.25) is 0 Å². The number of urea groups is 1. The van der Waals surface area contributed by atoms with Crippen molar-refractivity contribution in [1.82, 2.24) is 20.2 Å². The van der Waals surface area contributed by atoms with Gasteiger partial charge in [0, 0.05) is 37.2 Å². The van der Waals surface area contributed by atoms with Crippen LogP contribution in [0.15, 0.2) is 30.6 Å². The maximum atomic E-state index is 12.8. The summed E-state index contributed by atoms with van der Waals surface area (Å²) in [5.41, 5.74) is 2.08. The highest BCUT2D eigenvalue weighted by Gasteiger charge is 2.29. The summed E-state index contributed by atoms with van der Waals surface area (Å²) in [6, 6.07) is 5.07. The Kier molecular flexibility index (Phi) is 5.02. The molecule has 1 atom stereocenters. The van der Waals surface area contributed by atoms with E-state index in [9.17, 15) is 9.59 Å². The van der Waals surface area contributed by atoms with Crippen molar-refractivity contribution < 1.29 is 9.59 Å². The van der Waals surface area contributed by atoms with Gasteiger partial charge in [0.1, 0.15) is 5.82 Å². The van der Waals surface area contributed by atoms with Gasteiger partial charge < -0.3 is 20.5 Å². The van der Waals surface area contributed by atoms with Crippen LogP contribution < -0.4 is 10.6 Å². The highest BCUT2D eigenvalue weighted by Crippen LogP contribution is 2.29. The minimum atomic E-state index is -0.179. The summed E-state index contributed by atoms with van der Waals surface area (Å²) in [4.78, 5) is 33.9. The molecule has 0 spiro atoms. The number of piperidine rings is 1. The number of benzene rings is 1. The zero-order valence-electron chi connectivity index (χ0n) is 14.5. The van der Waals surface area contributed by atoms with Crippen LogP contribution in [0.3, 0.4) is 0 Å². The molecule has 0 bridgehead atoms. The van der Waals surface area contributed by atoms with Gasteiger partial charge >= 0.3 is 6.03 Å². The van der Waals surface area contributed by atoms with Crippen molar-refractivity contribution in [2.45, 2.75) is 32.2 Å². The Balaban J connectivity index is 1.80. The third kappa shape index (κ3) is 3.65. The molecule has 25 heavy (non-hydrogen) atoms. The van der Waals surface area contributed by atoms with E-state index in [4.69, 9.17) is 0 Å². The maximum Gasteiger partial charge on any atom is 0.322 e. The highest BCUT2D eigenvalue weighted by molar-refractivity contribution is 5.97. The largest absolute Gasteiger partial charge is 0.355 e. The number of H-pyrrole nitrogens is 1. The van der Waals surface area contributed by atoms with Gasteiger partial charge in [-0.15, -0.1) is 0 Å². The fourth-order valence-corrected chi connectivity index (χ4v) is 3.15. The normalized spacial score (nSPS) is 17.2. The van der Waals surface area contributed by atoms with Crippen LogP contribution in [0.1, 0.15) is 47.1 Å². The molecule has 1 unspecified atom stereocenters. The molecule has 1 saturated heterocycles. The summed E-state index contributed by atoms with van der Waals surface area (Å²) in [6.07, 6.45) is 6.41. The Morgan fingerprint density at radius 1 is 1.32 bits per heavy atom. The van der Waals surface area contributed by atoms with E-state index in [0.29, 0.717) is 17.8 Å². The molecule has 0 aliphatic carbocycles. The molecule has 7 nitrogen and oxygen atoms in total. The smallest absolute Gasteiger partial charge is 0.322 e. The molecule has 1 aliphatic heterocycles. The number of carbonyl (C=O) groups excluding carboxylic acids is 2. The van der Waals surface area contributed by atoms with Crippen LogP contribution in [0, 0.1) is 6.92 Å². The number of hydrogen-bond donors (Lipinski definition) is 3. The molecule has 1 aliphatic rings. The van der Waals surface area contributed by atoms with Crippen LogP contribution in [0.2, 0.25) is 0 Å². The Morgan fingerprint density at radius 2 is 2.16 bits per heavy atom. The van der Waals surface area contributed by atoms with E-state index in [2.05, 4.69) is 20.6 Å². The number of anilines is 1. The lowest BCUT2D eigenvalue weighted by Gasteiger charge is -2.34. The number of carbonyl (C=O) groups is 2. The average Bonchev–Trinajstić information content (AvgIpc) is 3.17. The molecule has 1 aromatic carbocycles. The molecule has 132 valence electrons. The topological polar surface area (TPSA) is 90.1 Å². The van der Waals surface area contributed by atoms with Crippen molar-refractivity contribution in [1.29, 1.82) is 0 Å². The molecule has 0 radical (unpaired) electrons. The van der Waals surface area contributed by atoms with Crippen molar-refractivity contribution in [3.63, 3.8) is 0 Å². The molecule has 2 heterocycles. The quantitative estimate of drug-likeness (QED) is 0.802. The predicted octanol–water partition coefficient (Wildman–Crippen LogP) is 2.84. The first kappa shape index (κ1) is 17.0. The molecule has 2 aromatic rings. The summed E-state index contributed by atoms with van der Waals surface area (Å²) >= 11 is 0. The number of nitrogens with one attached hydrogen (secondary N) is 3. The van der Waals surface area contributed by atoms with Crippen molar-refractivity contribution in [2.75, 3.05) is 18.9 Å². The fraction of sp³-hybridized carbons (Fsp3) is 0.389. The molecule has 1 fully saturated rings. The van der Waals surface area contributed by atoms with E-state index >= 15 is 0 Å². The number of rotatable bonds is 3. The minimum Gasteiger partial charge on any atom is -0.355 e. The van der Waals surface area contributed by atoms with Gasteiger partial charge in [0.15, 0.2) is 0 Å².